The molecule has 0 saturated heterocycles. The lowest BCUT2D eigenvalue weighted by atomic mass is 10.2. The van der Waals surface area contributed by atoms with Gasteiger partial charge >= 0.3 is 0 Å². The van der Waals surface area contributed by atoms with Gasteiger partial charge < -0.3 is 20.1 Å². The molecular weight excluding hydrogens is 260 g/mol. The second kappa shape index (κ2) is 5.50. The summed E-state index contributed by atoms with van der Waals surface area (Å²) in [6.45, 7) is 3.32. The van der Waals surface area contributed by atoms with Crippen molar-refractivity contribution >= 4 is 17.5 Å². The van der Waals surface area contributed by atoms with E-state index in [1.807, 2.05) is 19.1 Å². The summed E-state index contributed by atoms with van der Waals surface area (Å²) in [7, 11) is 1.63. The lowest BCUT2D eigenvalue weighted by molar-refractivity contribution is -0.132. The van der Waals surface area contributed by atoms with Crippen molar-refractivity contribution in [3.05, 3.63) is 23.8 Å². The number of carbonyl (C=O) groups excluding carboxylic acids is 2. The van der Waals surface area contributed by atoms with Gasteiger partial charge in [0.15, 0.2) is 0 Å². The number of nitrogens with one attached hydrogen (secondary N) is 1. The van der Waals surface area contributed by atoms with Crippen LogP contribution in [0, 0.1) is 6.92 Å². The van der Waals surface area contributed by atoms with Gasteiger partial charge in [-0.2, -0.15) is 0 Å². The summed E-state index contributed by atoms with van der Waals surface area (Å²) in [4.78, 5) is 25.3. The van der Waals surface area contributed by atoms with Crippen LogP contribution in [0.2, 0.25) is 0 Å². The number of aliphatic hydroxyl groups is 1. The first-order chi connectivity index (χ1) is 9.40. The third-order valence-corrected chi connectivity index (χ3v) is 3.21. The molecule has 2 atom stereocenters. The summed E-state index contributed by atoms with van der Waals surface area (Å²) in [6, 6.07) is 4.73. The van der Waals surface area contributed by atoms with Gasteiger partial charge in [0.25, 0.3) is 5.91 Å². The Hall–Kier alpha value is -2.08. The van der Waals surface area contributed by atoms with Crippen molar-refractivity contribution in [3.63, 3.8) is 0 Å². The first kappa shape index (κ1) is 14.3. The van der Waals surface area contributed by atoms with Crippen molar-refractivity contribution in [1.29, 1.82) is 0 Å². The molecule has 2 N–H and O–H groups in total. The van der Waals surface area contributed by atoms with Gasteiger partial charge in [0.2, 0.25) is 5.91 Å². The topological polar surface area (TPSA) is 78.9 Å². The van der Waals surface area contributed by atoms with E-state index in [0.717, 1.165) is 5.56 Å². The van der Waals surface area contributed by atoms with Crippen LogP contribution in [0.3, 0.4) is 0 Å². The number of likely N-dealkylation sites (N-methyl/N-ethyl adjacent to an activating group) is 1. The standard InChI is InChI=1S/C14H18N2O4/c1-8-4-5-11-12(6-8)20-7-10(14(19)16(11)3)15-13(18)9(2)17/h4-6,9-10,17H,7H2,1-3H3,(H,15,18)/t9-,10-/m0/s1. The lowest BCUT2D eigenvalue weighted by Crippen LogP contribution is -2.51. The maximum absolute atomic E-state index is 12.3. The molecule has 1 aromatic carbocycles. The molecule has 6 heteroatoms. The van der Waals surface area contributed by atoms with Crippen molar-refractivity contribution in [2.75, 3.05) is 18.6 Å². The number of rotatable bonds is 2. The van der Waals surface area contributed by atoms with Gasteiger partial charge in [-0.15, -0.1) is 0 Å². The maximum Gasteiger partial charge on any atom is 0.252 e. The molecule has 6 nitrogen and oxygen atoms in total. The molecule has 0 saturated carbocycles. The fourth-order valence-corrected chi connectivity index (χ4v) is 2.01. The first-order valence-corrected chi connectivity index (χ1v) is 6.39. The molecule has 0 radical (unpaired) electrons. The monoisotopic (exact) mass is 278 g/mol. The van der Waals surface area contributed by atoms with Crippen molar-refractivity contribution < 1.29 is 19.4 Å². The van der Waals surface area contributed by atoms with E-state index in [2.05, 4.69) is 5.32 Å². The lowest BCUT2D eigenvalue weighted by Gasteiger charge is -2.20. The van der Waals surface area contributed by atoms with E-state index in [1.54, 1.807) is 13.1 Å². The number of anilines is 1. The van der Waals surface area contributed by atoms with Crippen molar-refractivity contribution in [2.45, 2.75) is 26.0 Å². The largest absolute Gasteiger partial charge is 0.489 e. The molecule has 1 aromatic rings. The predicted molar refractivity (Wildman–Crippen MR) is 73.7 cm³/mol. The predicted octanol–water partition coefficient (Wildman–Crippen LogP) is 0.216. The number of hydrogen-bond donors (Lipinski definition) is 2. The molecule has 0 spiro atoms. The molecular formula is C14H18N2O4. The molecule has 0 unspecified atom stereocenters. The minimum absolute atomic E-state index is 0.0398. The van der Waals surface area contributed by atoms with Crippen LogP contribution in [-0.4, -0.2) is 42.7 Å². The first-order valence-electron chi connectivity index (χ1n) is 6.39. The Kier molecular flexibility index (Phi) is 3.94. The molecule has 1 heterocycles. The molecule has 0 aliphatic carbocycles. The van der Waals surface area contributed by atoms with E-state index in [-0.39, 0.29) is 12.5 Å². The molecule has 108 valence electrons. The Morgan fingerprint density at radius 2 is 2.25 bits per heavy atom. The summed E-state index contributed by atoms with van der Waals surface area (Å²) in [5.74, 6) is -0.265. The van der Waals surface area contributed by atoms with Gasteiger partial charge in [-0.05, 0) is 31.5 Å². The number of amides is 2. The van der Waals surface area contributed by atoms with Gasteiger partial charge in [-0.1, -0.05) is 6.07 Å². The van der Waals surface area contributed by atoms with Gasteiger partial charge in [0.05, 0.1) is 5.69 Å². The quantitative estimate of drug-likeness (QED) is 0.811. The van der Waals surface area contributed by atoms with E-state index in [9.17, 15) is 14.7 Å². The average Bonchev–Trinajstić information content (AvgIpc) is 2.51. The second-order valence-corrected chi connectivity index (χ2v) is 4.92. The zero-order valence-corrected chi connectivity index (χ0v) is 11.7. The highest BCUT2D eigenvalue weighted by Crippen LogP contribution is 2.31. The third kappa shape index (κ3) is 2.75. The molecule has 0 bridgehead atoms. The Labute approximate surface area is 117 Å². The fourth-order valence-electron chi connectivity index (χ4n) is 2.01. The Morgan fingerprint density at radius 3 is 2.90 bits per heavy atom. The summed E-state index contributed by atoms with van der Waals surface area (Å²) < 4.78 is 5.60. The van der Waals surface area contributed by atoms with Crippen LogP contribution >= 0.6 is 0 Å². The van der Waals surface area contributed by atoms with E-state index < -0.39 is 18.1 Å². The summed E-state index contributed by atoms with van der Waals surface area (Å²) in [5, 5.41) is 11.7. The smallest absolute Gasteiger partial charge is 0.252 e. The van der Waals surface area contributed by atoms with Gasteiger partial charge in [0.1, 0.15) is 24.5 Å². The van der Waals surface area contributed by atoms with E-state index in [1.165, 1.54) is 11.8 Å². The number of aliphatic hydroxyl groups excluding tert-OH is 1. The van der Waals surface area contributed by atoms with Crippen LogP contribution < -0.4 is 15.0 Å². The summed E-state index contributed by atoms with van der Waals surface area (Å²) in [6.07, 6.45) is -1.17. The van der Waals surface area contributed by atoms with Gasteiger partial charge in [-0.25, -0.2) is 0 Å². The molecule has 0 fully saturated rings. The number of hydrogen-bond acceptors (Lipinski definition) is 4. The molecule has 1 aliphatic rings. The molecule has 0 aromatic heterocycles. The fraction of sp³-hybridized carbons (Fsp3) is 0.429. The SMILES string of the molecule is Cc1ccc2c(c1)OC[C@H](NC(=O)[C@H](C)O)C(=O)N2C. The molecule has 2 rings (SSSR count). The van der Waals surface area contributed by atoms with Crippen molar-refractivity contribution in [3.8, 4) is 5.75 Å². The van der Waals surface area contributed by atoms with E-state index in [0.29, 0.717) is 11.4 Å². The maximum atomic E-state index is 12.3. The van der Waals surface area contributed by atoms with Crippen LogP contribution in [0.1, 0.15) is 12.5 Å². The normalized spacial score (nSPS) is 19.7. The number of benzene rings is 1. The zero-order valence-electron chi connectivity index (χ0n) is 11.7. The summed E-state index contributed by atoms with van der Waals surface area (Å²) in [5.41, 5.74) is 1.69. The Morgan fingerprint density at radius 1 is 1.55 bits per heavy atom. The van der Waals surface area contributed by atoms with E-state index in [4.69, 9.17) is 4.74 Å². The van der Waals surface area contributed by atoms with Crippen molar-refractivity contribution in [1.82, 2.24) is 5.32 Å². The highest BCUT2D eigenvalue weighted by Gasteiger charge is 2.31. The minimum Gasteiger partial charge on any atom is -0.489 e. The average molecular weight is 278 g/mol. The van der Waals surface area contributed by atoms with Gasteiger partial charge in [-0.3, -0.25) is 9.59 Å². The number of carbonyl (C=O) groups is 2. The van der Waals surface area contributed by atoms with Crippen LogP contribution in [0.5, 0.6) is 5.75 Å². The van der Waals surface area contributed by atoms with Crippen molar-refractivity contribution in [2.24, 2.45) is 0 Å². The van der Waals surface area contributed by atoms with Gasteiger partial charge in [0, 0.05) is 7.05 Å². The Balaban J connectivity index is 2.24. The zero-order chi connectivity index (χ0) is 14.9. The number of fused-ring (bicyclic) bond motifs is 1. The summed E-state index contributed by atoms with van der Waals surface area (Å²) >= 11 is 0. The highest BCUT2D eigenvalue weighted by molar-refractivity contribution is 6.00. The highest BCUT2D eigenvalue weighted by atomic mass is 16.5. The minimum atomic E-state index is -1.17. The van der Waals surface area contributed by atoms with Crippen LogP contribution in [-0.2, 0) is 9.59 Å². The second-order valence-electron chi connectivity index (χ2n) is 4.92. The Bertz CT molecular complexity index is 542. The van der Waals surface area contributed by atoms with Crippen LogP contribution in [0.25, 0.3) is 0 Å². The van der Waals surface area contributed by atoms with E-state index >= 15 is 0 Å². The van der Waals surface area contributed by atoms with Crippen LogP contribution in [0.4, 0.5) is 5.69 Å². The molecule has 1 aliphatic heterocycles. The number of nitrogens with zero attached hydrogens (tertiary/aromatic N) is 1. The molecule has 2 amide bonds. The third-order valence-electron chi connectivity index (χ3n) is 3.21. The number of aryl methyl sites for hydroxylation is 1. The van der Waals surface area contributed by atoms with Crippen LogP contribution in [0.15, 0.2) is 18.2 Å². The number of ether oxygens (including phenoxy) is 1. The molecule has 20 heavy (non-hydrogen) atoms.